The van der Waals surface area contributed by atoms with E-state index in [0.717, 1.165) is 28.5 Å². The second-order valence-electron chi connectivity index (χ2n) is 8.54. The molecule has 1 aromatic heterocycles. The number of anilines is 1. The molecule has 1 saturated carbocycles. The fourth-order valence-electron chi connectivity index (χ4n) is 4.89. The Labute approximate surface area is 188 Å². The van der Waals surface area contributed by atoms with Crippen LogP contribution in [0.5, 0.6) is 0 Å². The zero-order valence-electron chi connectivity index (χ0n) is 18.0. The second kappa shape index (κ2) is 9.38. The largest absolute Gasteiger partial charge is 0.733 e. The maximum absolute atomic E-state index is 11.6. The first-order valence-electron chi connectivity index (χ1n) is 11.0. The van der Waals surface area contributed by atoms with E-state index in [1.807, 2.05) is 19.9 Å². The van der Waals surface area contributed by atoms with Crippen molar-refractivity contribution in [2.24, 2.45) is 0 Å². The molecule has 0 aliphatic heterocycles. The van der Waals surface area contributed by atoms with Gasteiger partial charge in [0.05, 0.1) is 17.1 Å². The molecule has 0 amide bonds. The van der Waals surface area contributed by atoms with E-state index in [1.54, 1.807) is 22.9 Å². The summed E-state index contributed by atoms with van der Waals surface area (Å²) in [6, 6.07) is 7.57. The zero-order valence-corrected chi connectivity index (χ0v) is 18.9. The summed E-state index contributed by atoms with van der Waals surface area (Å²) in [7, 11) is 0. The Morgan fingerprint density at radius 3 is 2.65 bits per heavy atom. The van der Waals surface area contributed by atoms with Crippen molar-refractivity contribution in [2.45, 2.75) is 70.4 Å². The van der Waals surface area contributed by atoms with Gasteiger partial charge in [-0.15, -0.1) is 0 Å². The Morgan fingerprint density at radius 2 is 1.90 bits per heavy atom. The normalized spacial score (nSPS) is 21.3. The minimum atomic E-state index is -0.110. The highest BCUT2D eigenvalue weighted by atomic mass is 32.1. The van der Waals surface area contributed by atoms with Crippen LogP contribution in [-0.2, 0) is 0 Å². The van der Waals surface area contributed by atoms with Crippen LogP contribution >= 0.6 is 12.2 Å². The second-order valence-corrected chi connectivity index (χ2v) is 8.95. The van der Waals surface area contributed by atoms with Crippen molar-refractivity contribution in [1.29, 1.82) is 0 Å². The Hall–Kier alpha value is -2.42. The van der Waals surface area contributed by atoms with Crippen LogP contribution in [-0.4, -0.2) is 32.2 Å². The van der Waals surface area contributed by atoms with Crippen molar-refractivity contribution in [3.8, 4) is 5.69 Å². The van der Waals surface area contributed by atoms with Crippen LogP contribution in [0.1, 0.15) is 61.4 Å². The minimum Gasteiger partial charge on any atom is -0.733 e. The third-order valence-corrected chi connectivity index (χ3v) is 6.61. The minimum absolute atomic E-state index is 0.110. The monoisotopic (exact) mass is 440 g/mol. The van der Waals surface area contributed by atoms with E-state index in [-0.39, 0.29) is 22.9 Å². The Morgan fingerprint density at radius 1 is 1.16 bits per heavy atom. The van der Waals surface area contributed by atoms with Gasteiger partial charge in [0.1, 0.15) is 0 Å². The van der Waals surface area contributed by atoms with E-state index in [0.29, 0.717) is 11.7 Å². The van der Waals surface area contributed by atoms with E-state index < -0.39 is 0 Å². The third-order valence-electron chi connectivity index (χ3n) is 6.37. The highest BCUT2D eigenvalue weighted by Crippen LogP contribution is 2.35. The number of allylic oxidation sites excluding steroid dienone is 1. The van der Waals surface area contributed by atoms with Crippen LogP contribution in [0, 0.1) is 19.1 Å². The molecule has 1 fully saturated rings. The molecule has 0 spiro atoms. The molecule has 166 valence electrons. The lowest BCUT2D eigenvalue weighted by Gasteiger charge is -2.25. The molecule has 3 N–H and O–H groups in total. The van der Waals surface area contributed by atoms with Gasteiger partial charge < -0.3 is 21.1 Å². The molecule has 31 heavy (non-hydrogen) atoms. The number of aryl methyl sites for hydroxylation is 1. The van der Waals surface area contributed by atoms with Crippen molar-refractivity contribution in [3.05, 3.63) is 58.6 Å². The Balaban J connectivity index is 1.45. The lowest BCUT2D eigenvalue weighted by atomic mass is 9.95. The summed E-state index contributed by atoms with van der Waals surface area (Å²) >= 11 is 5.55. The summed E-state index contributed by atoms with van der Waals surface area (Å²) in [5, 5.41) is 33.3. The molecule has 2 aromatic rings. The van der Waals surface area contributed by atoms with Gasteiger partial charge in [0.15, 0.2) is 5.11 Å². The van der Waals surface area contributed by atoms with Crippen LogP contribution in [0.4, 0.5) is 5.69 Å². The smallest absolute Gasteiger partial charge is 0.166 e. The number of hydrogen-bond acceptors (Lipinski definition) is 5. The molecule has 2 aliphatic carbocycles. The lowest BCUT2D eigenvalue weighted by molar-refractivity contribution is 0.296. The third kappa shape index (κ3) is 4.76. The average molecular weight is 441 g/mol. The number of aromatic nitrogens is 2. The van der Waals surface area contributed by atoms with Crippen LogP contribution in [0.15, 0.2) is 36.4 Å². The molecule has 0 radical (unpaired) electrons. The van der Waals surface area contributed by atoms with E-state index in [2.05, 4.69) is 27.9 Å². The fourth-order valence-corrected chi connectivity index (χ4v) is 5.21. The number of thiocarbonyl (C=S) groups is 1. The van der Waals surface area contributed by atoms with Crippen LogP contribution in [0.25, 0.3) is 5.69 Å². The molecular weight excluding hydrogens is 410 g/mol. The predicted octanol–water partition coefficient (Wildman–Crippen LogP) is 4.39. The highest BCUT2D eigenvalue weighted by Gasteiger charge is 2.27. The molecule has 0 unspecified atom stereocenters. The summed E-state index contributed by atoms with van der Waals surface area (Å²) < 4.78 is 1.74. The standard InChI is InChI=1S/C23H30N5O2S/c1-15-22(16(2)27(26-15)20-10-6-7-11-21(20)28(29)30)17-12-13-19(14-17)25-23(31)24-18-8-4-3-5-9-18/h6-7,10-13,17-19,29H,3-5,8-9,14H2,1-2H3,(H2,24,25,31)/q-1/t17-,19+/m0/s1. The topological polar surface area (TPSA) is 88.4 Å². The maximum Gasteiger partial charge on any atom is 0.166 e. The zero-order chi connectivity index (χ0) is 22.0. The molecule has 4 rings (SSSR count). The first kappa shape index (κ1) is 21.8. The van der Waals surface area contributed by atoms with Crippen molar-refractivity contribution in [3.63, 3.8) is 0 Å². The van der Waals surface area contributed by atoms with Crippen molar-refractivity contribution >= 4 is 23.0 Å². The van der Waals surface area contributed by atoms with Crippen LogP contribution in [0.3, 0.4) is 0 Å². The molecule has 0 saturated heterocycles. The number of nitrogens with zero attached hydrogens (tertiary/aromatic N) is 3. The summed E-state index contributed by atoms with van der Waals surface area (Å²) in [6.45, 7) is 3.99. The highest BCUT2D eigenvalue weighted by molar-refractivity contribution is 7.80. The number of rotatable bonds is 5. The summed E-state index contributed by atoms with van der Waals surface area (Å²) in [5.74, 6) is 0.216. The Kier molecular flexibility index (Phi) is 6.60. The summed E-state index contributed by atoms with van der Waals surface area (Å²) in [6.07, 6.45) is 11.5. The van der Waals surface area contributed by atoms with E-state index in [1.165, 1.54) is 32.1 Å². The SMILES string of the molecule is Cc1nn(-c2ccccc2N([O-])O)c(C)c1[C@H]1C=C[C@@H](NC(=S)NC2CCCCC2)C1. The van der Waals surface area contributed by atoms with Gasteiger partial charge >= 0.3 is 0 Å². The van der Waals surface area contributed by atoms with Gasteiger partial charge in [-0.05, 0) is 57.5 Å². The maximum atomic E-state index is 11.6. The summed E-state index contributed by atoms with van der Waals surface area (Å²) in [5.41, 5.74) is 3.75. The molecule has 2 atom stereocenters. The van der Waals surface area contributed by atoms with Crippen molar-refractivity contribution < 1.29 is 5.21 Å². The van der Waals surface area contributed by atoms with Gasteiger partial charge in [0, 0.05) is 29.3 Å². The molecular formula is C23H30N5O2S-. The molecule has 1 heterocycles. The van der Waals surface area contributed by atoms with Gasteiger partial charge in [0.2, 0.25) is 0 Å². The number of nitrogens with one attached hydrogen (secondary N) is 2. The van der Waals surface area contributed by atoms with Crippen LogP contribution < -0.4 is 15.9 Å². The van der Waals surface area contributed by atoms with E-state index >= 15 is 0 Å². The fraction of sp³-hybridized carbons (Fsp3) is 0.478. The van der Waals surface area contributed by atoms with E-state index in [4.69, 9.17) is 12.2 Å². The first-order valence-corrected chi connectivity index (χ1v) is 11.4. The number of para-hydroxylation sites is 2. The van der Waals surface area contributed by atoms with Gasteiger partial charge in [-0.3, -0.25) is 5.21 Å². The molecule has 1 aromatic carbocycles. The molecule has 2 aliphatic rings. The quantitative estimate of drug-likeness (QED) is 0.361. The number of hydrogen-bond donors (Lipinski definition) is 3. The molecule has 8 heteroatoms. The Bertz CT molecular complexity index is 965. The summed E-state index contributed by atoms with van der Waals surface area (Å²) in [4.78, 5) is 0. The first-order chi connectivity index (χ1) is 14.9. The number of benzene rings is 1. The van der Waals surface area contributed by atoms with Crippen LogP contribution in [0.2, 0.25) is 0 Å². The van der Waals surface area contributed by atoms with Gasteiger partial charge in [-0.2, -0.15) is 5.10 Å². The lowest BCUT2D eigenvalue weighted by Crippen LogP contribution is -2.45. The van der Waals surface area contributed by atoms with Crippen molar-refractivity contribution in [2.75, 3.05) is 5.23 Å². The van der Waals surface area contributed by atoms with Gasteiger partial charge in [-0.1, -0.05) is 43.5 Å². The van der Waals surface area contributed by atoms with Crippen molar-refractivity contribution in [1.82, 2.24) is 20.4 Å². The van der Waals surface area contributed by atoms with Gasteiger partial charge in [0.25, 0.3) is 0 Å². The predicted molar refractivity (Wildman–Crippen MR) is 127 cm³/mol. The average Bonchev–Trinajstić information content (AvgIpc) is 3.31. The van der Waals surface area contributed by atoms with Gasteiger partial charge in [-0.25, -0.2) is 4.68 Å². The molecule has 7 nitrogen and oxygen atoms in total. The van der Waals surface area contributed by atoms with E-state index in [9.17, 15) is 10.4 Å². The molecule has 0 bridgehead atoms.